The van der Waals surface area contributed by atoms with E-state index in [2.05, 4.69) is 4.98 Å². The Labute approximate surface area is 222 Å². The van der Waals surface area contributed by atoms with Gasteiger partial charge in [-0.25, -0.2) is 4.98 Å². The molecular formula is C29H33N3O6. The zero-order valence-electron chi connectivity index (χ0n) is 21.9. The van der Waals surface area contributed by atoms with Gasteiger partial charge in [-0.1, -0.05) is 13.0 Å². The van der Waals surface area contributed by atoms with E-state index in [4.69, 9.17) is 14.2 Å². The van der Waals surface area contributed by atoms with Gasteiger partial charge < -0.3 is 28.8 Å². The van der Waals surface area contributed by atoms with Crippen molar-refractivity contribution in [2.75, 3.05) is 26.9 Å². The third-order valence-corrected chi connectivity index (χ3v) is 6.32. The number of rotatable bonds is 12. The molecule has 1 atom stereocenters. The Bertz CT molecular complexity index is 1280. The second-order valence-electron chi connectivity index (χ2n) is 8.86. The summed E-state index contributed by atoms with van der Waals surface area (Å²) in [6, 6.07) is 11.3. The molecule has 0 unspecified atom stereocenters. The van der Waals surface area contributed by atoms with Crippen LogP contribution in [0.2, 0.25) is 0 Å². The minimum Gasteiger partial charge on any atom is -0.507 e. The summed E-state index contributed by atoms with van der Waals surface area (Å²) >= 11 is 0. The van der Waals surface area contributed by atoms with Gasteiger partial charge in [0.05, 0.1) is 38.3 Å². The van der Waals surface area contributed by atoms with Gasteiger partial charge in [-0.2, -0.15) is 0 Å². The summed E-state index contributed by atoms with van der Waals surface area (Å²) < 4.78 is 18.8. The number of nitrogens with zero attached hydrogens (tertiary/aromatic N) is 3. The van der Waals surface area contributed by atoms with Crippen molar-refractivity contribution in [1.82, 2.24) is 14.5 Å². The molecule has 0 aliphatic carbocycles. The Hall–Kier alpha value is -4.27. The van der Waals surface area contributed by atoms with Gasteiger partial charge in [-0.15, -0.1) is 0 Å². The van der Waals surface area contributed by atoms with Crippen molar-refractivity contribution in [2.24, 2.45) is 0 Å². The van der Waals surface area contributed by atoms with Gasteiger partial charge in [0.1, 0.15) is 11.5 Å². The standard InChI is InChI=1S/C29H33N3O6/c1-4-17-38-23-12-9-21(18-24(23)36-3)26-25(27(33)20-7-10-22(11-8-20)37-5-2)28(34)29(35)32(26)15-6-14-31-16-13-30-19-31/h7-13,16,18-19,26,33H,4-6,14-15,17H2,1-3H3/b27-25+/t26-/m1/s1. The smallest absolute Gasteiger partial charge is 0.295 e. The highest BCUT2D eigenvalue weighted by Crippen LogP contribution is 2.42. The minimum absolute atomic E-state index is 0.0334. The first-order valence-corrected chi connectivity index (χ1v) is 12.8. The zero-order chi connectivity index (χ0) is 27.1. The number of aromatic nitrogens is 2. The van der Waals surface area contributed by atoms with E-state index in [9.17, 15) is 14.7 Å². The van der Waals surface area contributed by atoms with E-state index in [0.717, 1.165) is 6.42 Å². The molecule has 200 valence electrons. The van der Waals surface area contributed by atoms with E-state index >= 15 is 0 Å². The van der Waals surface area contributed by atoms with Gasteiger partial charge in [-0.05, 0) is 61.7 Å². The highest BCUT2D eigenvalue weighted by Gasteiger charge is 2.46. The molecule has 0 saturated carbocycles. The van der Waals surface area contributed by atoms with Gasteiger partial charge in [0.15, 0.2) is 11.5 Å². The largest absolute Gasteiger partial charge is 0.507 e. The number of likely N-dealkylation sites (tertiary alicyclic amines) is 1. The number of carbonyl (C=O) groups is 2. The molecular weight excluding hydrogens is 486 g/mol. The summed E-state index contributed by atoms with van der Waals surface area (Å²) in [5.74, 6) is 0.0853. The first kappa shape index (κ1) is 26.8. The van der Waals surface area contributed by atoms with Crippen molar-refractivity contribution in [1.29, 1.82) is 0 Å². The number of Topliss-reactive ketones (excluding diaryl/α,β-unsaturated/α-hetero) is 1. The number of hydrogen-bond acceptors (Lipinski definition) is 7. The number of amides is 1. The van der Waals surface area contributed by atoms with E-state index in [1.165, 1.54) is 4.90 Å². The van der Waals surface area contributed by atoms with Crippen LogP contribution >= 0.6 is 0 Å². The van der Waals surface area contributed by atoms with Crippen LogP contribution in [0.4, 0.5) is 0 Å². The van der Waals surface area contributed by atoms with Gasteiger partial charge in [0.2, 0.25) is 0 Å². The number of imidazole rings is 1. The fourth-order valence-corrected chi connectivity index (χ4v) is 4.52. The number of aliphatic hydroxyl groups is 1. The molecule has 1 saturated heterocycles. The van der Waals surface area contributed by atoms with E-state index in [0.29, 0.717) is 61.1 Å². The monoisotopic (exact) mass is 519 g/mol. The molecule has 1 N–H and O–H groups in total. The van der Waals surface area contributed by atoms with Crippen LogP contribution in [0.5, 0.6) is 17.2 Å². The molecule has 0 spiro atoms. The topological polar surface area (TPSA) is 103 Å². The van der Waals surface area contributed by atoms with Gasteiger partial charge in [0.25, 0.3) is 11.7 Å². The summed E-state index contributed by atoms with van der Waals surface area (Å²) in [6.45, 7) is 5.87. The number of hydrogen-bond donors (Lipinski definition) is 1. The Kier molecular flexibility index (Phi) is 8.68. The average molecular weight is 520 g/mol. The molecule has 2 heterocycles. The predicted molar refractivity (Wildman–Crippen MR) is 142 cm³/mol. The van der Waals surface area contributed by atoms with Crippen LogP contribution in [0.1, 0.15) is 43.9 Å². The highest BCUT2D eigenvalue weighted by molar-refractivity contribution is 6.46. The quantitative estimate of drug-likeness (QED) is 0.212. The number of ether oxygens (including phenoxy) is 3. The zero-order valence-corrected chi connectivity index (χ0v) is 21.9. The van der Waals surface area contributed by atoms with E-state index < -0.39 is 17.7 Å². The number of aryl methyl sites for hydroxylation is 1. The molecule has 0 bridgehead atoms. The Morgan fingerprint density at radius 1 is 1.03 bits per heavy atom. The fourth-order valence-electron chi connectivity index (χ4n) is 4.52. The average Bonchev–Trinajstić information content (AvgIpc) is 3.54. The lowest BCUT2D eigenvalue weighted by Gasteiger charge is -2.26. The maximum Gasteiger partial charge on any atom is 0.295 e. The number of benzene rings is 2. The Balaban J connectivity index is 1.74. The third kappa shape index (κ3) is 5.66. The SMILES string of the molecule is CCCOc1ccc([C@@H]2/C(=C(\O)c3ccc(OCC)cc3)C(=O)C(=O)N2CCCn2ccnc2)cc1OC. The van der Waals surface area contributed by atoms with Gasteiger partial charge in [0, 0.05) is 31.0 Å². The number of ketones is 1. The maximum atomic E-state index is 13.3. The van der Waals surface area contributed by atoms with Crippen LogP contribution in [0.15, 0.2) is 66.8 Å². The summed E-state index contributed by atoms with van der Waals surface area (Å²) in [5, 5.41) is 11.3. The van der Waals surface area contributed by atoms with Crippen LogP contribution < -0.4 is 14.2 Å². The van der Waals surface area contributed by atoms with Crippen LogP contribution in [0, 0.1) is 0 Å². The van der Waals surface area contributed by atoms with Crippen molar-refractivity contribution in [2.45, 2.75) is 39.3 Å². The first-order valence-electron chi connectivity index (χ1n) is 12.8. The summed E-state index contributed by atoms with van der Waals surface area (Å²) in [7, 11) is 1.54. The second-order valence-corrected chi connectivity index (χ2v) is 8.86. The molecule has 9 nitrogen and oxygen atoms in total. The van der Waals surface area contributed by atoms with Crippen LogP contribution in [0.25, 0.3) is 5.76 Å². The highest BCUT2D eigenvalue weighted by atomic mass is 16.5. The molecule has 1 aliphatic heterocycles. The molecule has 38 heavy (non-hydrogen) atoms. The number of methoxy groups -OCH3 is 1. The Morgan fingerprint density at radius 3 is 2.47 bits per heavy atom. The number of aliphatic hydroxyl groups excluding tert-OH is 1. The maximum absolute atomic E-state index is 13.3. The summed E-state index contributed by atoms with van der Waals surface area (Å²) in [6.07, 6.45) is 6.67. The van der Waals surface area contributed by atoms with Crippen molar-refractivity contribution < 1.29 is 28.9 Å². The van der Waals surface area contributed by atoms with Crippen LogP contribution in [-0.2, 0) is 16.1 Å². The molecule has 1 amide bonds. The van der Waals surface area contributed by atoms with Crippen molar-refractivity contribution in [3.05, 3.63) is 77.9 Å². The van der Waals surface area contributed by atoms with Gasteiger partial charge in [-0.3, -0.25) is 9.59 Å². The molecule has 1 aliphatic rings. The van der Waals surface area contributed by atoms with Gasteiger partial charge >= 0.3 is 0 Å². The van der Waals surface area contributed by atoms with E-state index in [-0.39, 0.29) is 11.3 Å². The minimum atomic E-state index is -0.793. The lowest BCUT2D eigenvalue weighted by atomic mass is 9.95. The van der Waals surface area contributed by atoms with Crippen molar-refractivity contribution in [3.8, 4) is 17.2 Å². The first-order chi connectivity index (χ1) is 18.5. The van der Waals surface area contributed by atoms with E-state index in [1.54, 1.807) is 62.1 Å². The number of carbonyl (C=O) groups excluding carboxylic acids is 2. The second kappa shape index (κ2) is 12.3. The normalized spacial score (nSPS) is 16.6. The Morgan fingerprint density at radius 2 is 1.82 bits per heavy atom. The summed E-state index contributed by atoms with van der Waals surface area (Å²) in [5.41, 5.74) is 1.09. The molecule has 1 aromatic heterocycles. The molecule has 1 fully saturated rings. The van der Waals surface area contributed by atoms with Crippen LogP contribution in [0.3, 0.4) is 0 Å². The molecule has 2 aromatic carbocycles. The fraction of sp³-hybridized carbons (Fsp3) is 0.345. The molecule has 0 radical (unpaired) electrons. The third-order valence-electron chi connectivity index (χ3n) is 6.32. The predicted octanol–water partition coefficient (Wildman–Crippen LogP) is 4.59. The molecule has 3 aromatic rings. The van der Waals surface area contributed by atoms with Crippen molar-refractivity contribution in [3.63, 3.8) is 0 Å². The van der Waals surface area contributed by atoms with Crippen LogP contribution in [-0.4, -0.2) is 58.1 Å². The summed E-state index contributed by atoms with van der Waals surface area (Å²) in [4.78, 5) is 32.2. The van der Waals surface area contributed by atoms with E-state index in [1.807, 2.05) is 24.6 Å². The molecule has 9 heteroatoms. The molecule has 4 rings (SSSR count). The lowest BCUT2D eigenvalue weighted by Crippen LogP contribution is -2.31. The van der Waals surface area contributed by atoms with Crippen molar-refractivity contribution >= 4 is 17.4 Å². The lowest BCUT2D eigenvalue weighted by molar-refractivity contribution is -0.139.